The molecule has 0 aromatic heterocycles. The molecule has 0 aliphatic carbocycles. The minimum absolute atomic E-state index is 0.566. The molecule has 0 heterocycles. The van der Waals surface area contributed by atoms with Gasteiger partial charge in [0.15, 0.2) is 0 Å². The first-order chi connectivity index (χ1) is 7.35. The number of ether oxygens (including phenoxy) is 1. The summed E-state index contributed by atoms with van der Waals surface area (Å²) in [6.07, 6.45) is 1.88. The molecule has 0 saturated carbocycles. The quantitative estimate of drug-likeness (QED) is 0.759. The van der Waals surface area contributed by atoms with Crippen LogP contribution in [-0.2, 0) is 4.79 Å². The maximum atomic E-state index is 10.5. The standard InChI is InChI=1S/C13H11O2/c1-2-15-13-5-3-4-11-8-10(9-14)6-7-12(11)13/h3-8H,2H2,1H3. The maximum Gasteiger partial charge on any atom is 0.233 e. The van der Waals surface area contributed by atoms with Crippen molar-refractivity contribution >= 4 is 17.1 Å². The van der Waals surface area contributed by atoms with E-state index in [4.69, 9.17) is 4.74 Å². The summed E-state index contributed by atoms with van der Waals surface area (Å²) in [5.74, 6) is 0.854. The second kappa shape index (κ2) is 4.13. The highest BCUT2D eigenvalue weighted by Crippen LogP contribution is 2.25. The topological polar surface area (TPSA) is 26.3 Å². The molecule has 0 fully saturated rings. The molecule has 2 heteroatoms. The lowest BCUT2D eigenvalue weighted by molar-refractivity contribution is 0.344. The molecule has 0 spiro atoms. The lowest BCUT2D eigenvalue weighted by Crippen LogP contribution is -1.92. The Balaban J connectivity index is 2.61. The lowest BCUT2D eigenvalue weighted by Gasteiger charge is -2.07. The van der Waals surface area contributed by atoms with Crippen molar-refractivity contribution in [1.82, 2.24) is 0 Å². The van der Waals surface area contributed by atoms with Gasteiger partial charge in [0.1, 0.15) is 5.75 Å². The first-order valence-corrected chi connectivity index (χ1v) is 4.89. The average Bonchev–Trinajstić information content (AvgIpc) is 2.29. The summed E-state index contributed by atoms with van der Waals surface area (Å²) in [6, 6.07) is 11.3. The Morgan fingerprint density at radius 2 is 2.13 bits per heavy atom. The van der Waals surface area contributed by atoms with Gasteiger partial charge in [0.05, 0.1) is 6.61 Å². The smallest absolute Gasteiger partial charge is 0.233 e. The predicted octanol–water partition coefficient (Wildman–Crippen LogP) is 2.70. The summed E-state index contributed by atoms with van der Waals surface area (Å²) < 4.78 is 5.49. The minimum atomic E-state index is 0.566. The van der Waals surface area contributed by atoms with Crippen molar-refractivity contribution in [3.8, 4) is 5.75 Å². The van der Waals surface area contributed by atoms with Gasteiger partial charge >= 0.3 is 0 Å². The number of hydrogen-bond donors (Lipinski definition) is 0. The summed E-state index contributed by atoms with van der Waals surface area (Å²) in [4.78, 5) is 10.5. The van der Waals surface area contributed by atoms with Crippen LogP contribution in [0, 0.1) is 0 Å². The van der Waals surface area contributed by atoms with Gasteiger partial charge in [-0.15, -0.1) is 0 Å². The number of rotatable bonds is 3. The molecule has 0 N–H and O–H groups in total. The van der Waals surface area contributed by atoms with Crippen LogP contribution in [0.4, 0.5) is 0 Å². The van der Waals surface area contributed by atoms with Gasteiger partial charge < -0.3 is 4.74 Å². The molecule has 0 saturated heterocycles. The molecule has 0 aliphatic heterocycles. The lowest BCUT2D eigenvalue weighted by atomic mass is 10.1. The van der Waals surface area contributed by atoms with Crippen molar-refractivity contribution in [2.75, 3.05) is 6.61 Å². The Morgan fingerprint density at radius 3 is 2.87 bits per heavy atom. The number of hydrogen-bond acceptors (Lipinski definition) is 2. The van der Waals surface area contributed by atoms with Crippen molar-refractivity contribution in [3.05, 3.63) is 42.0 Å². The fourth-order valence-corrected chi connectivity index (χ4v) is 1.60. The van der Waals surface area contributed by atoms with Crippen LogP contribution in [0.15, 0.2) is 36.4 Å². The number of carbonyl (C=O) groups excluding carboxylic acids is 1. The molecule has 2 nitrogen and oxygen atoms in total. The van der Waals surface area contributed by atoms with E-state index >= 15 is 0 Å². The Labute approximate surface area is 88.5 Å². The van der Waals surface area contributed by atoms with Gasteiger partial charge in [0.25, 0.3) is 0 Å². The molecule has 75 valence electrons. The zero-order valence-corrected chi connectivity index (χ0v) is 8.49. The van der Waals surface area contributed by atoms with Crippen molar-refractivity contribution < 1.29 is 9.53 Å². The van der Waals surface area contributed by atoms with E-state index in [0.29, 0.717) is 12.2 Å². The molecule has 2 aromatic rings. The molecular formula is C13H11O2. The molecule has 0 bridgehead atoms. The van der Waals surface area contributed by atoms with Crippen LogP contribution in [0.2, 0.25) is 0 Å². The first kappa shape index (κ1) is 9.71. The van der Waals surface area contributed by atoms with E-state index in [9.17, 15) is 4.79 Å². The van der Waals surface area contributed by atoms with Crippen LogP contribution < -0.4 is 4.74 Å². The van der Waals surface area contributed by atoms with E-state index in [-0.39, 0.29) is 0 Å². The highest BCUT2D eigenvalue weighted by Gasteiger charge is 2.01. The van der Waals surface area contributed by atoms with Crippen LogP contribution in [0.25, 0.3) is 10.8 Å². The Kier molecular flexibility index (Phi) is 2.68. The second-order valence-corrected chi connectivity index (χ2v) is 3.23. The second-order valence-electron chi connectivity index (χ2n) is 3.23. The van der Waals surface area contributed by atoms with Crippen molar-refractivity contribution in [3.63, 3.8) is 0 Å². The SMILES string of the molecule is CCOc1cccc2cc([C]=O)ccc12. The number of benzene rings is 2. The average molecular weight is 199 g/mol. The highest BCUT2D eigenvalue weighted by atomic mass is 16.5. The summed E-state index contributed by atoms with van der Waals surface area (Å²) >= 11 is 0. The van der Waals surface area contributed by atoms with E-state index in [1.807, 2.05) is 43.5 Å². The van der Waals surface area contributed by atoms with Gasteiger partial charge in [-0.25, -0.2) is 0 Å². The van der Waals surface area contributed by atoms with Crippen LogP contribution >= 0.6 is 0 Å². The van der Waals surface area contributed by atoms with E-state index in [2.05, 4.69) is 0 Å². The van der Waals surface area contributed by atoms with Gasteiger partial charge in [0, 0.05) is 10.9 Å². The van der Waals surface area contributed by atoms with Gasteiger partial charge in [-0.05, 0) is 30.5 Å². The van der Waals surface area contributed by atoms with Gasteiger partial charge in [-0.2, -0.15) is 0 Å². The maximum absolute atomic E-state index is 10.5. The third kappa shape index (κ3) is 1.84. The van der Waals surface area contributed by atoms with E-state index in [1.165, 1.54) is 0 Å². The Hall–Kier alpha value is -1.83. The van der Waals surface area contributed by atoms with Crippen molar-refractivity contribution in [2.24, 2.45) is 0 Å². The molecule has 0 aliphatic rings. The largest absolute Gasteiger partial charge is 0.493 e. The van der Waals surface area contributed by atoms with Gasteiger partial charge in [0.2, 0.25) is 6.29 Å². The highest BCUT2D eigenvalue weighted by molar-refractivity contribution is 5.92. The summed E-state index contributed by atoms with van der Waals surface area (Å²) in [5.41, 5.74) is 0.566. The Bertz CT molecular complexity index is 489. The van der Waals surface area contributed by atoms with Crippen LogP contribution in [0.5, 0.6) is 5.75 Å². The zero-order chi connectivity index (χ0) is 10.7. The van der Waals surface area contributed by atoms with E-state index in [0.717, 1.165) is 16.5 Å². The predicted molar refractivity (Wildman–Crippen MR) is 59.9 cm³/mol. The van der Waals surface area contributed by atoms with E-state index < -0.39 is 0 Å². The van der Waals surface area contributed by atoms with Crippen molar-refractivity contribution in [1.29, 1.82) is 0 Å². The normalized spacial score (nSPS) is 10.2. The van der Waals surface area contributed by atoms with E-state index in [1.54, 1.807) is 6.07 Å². The Morgan fingerprint density at radius 1 is 1.27 bits per heavy atom. The fraction of sp³-hybridized carbons (Fsp3) is 0.154. The third-order valence-electron chi connectivity index (χ3n) is 2.26. The monoisotopic (exact) mass is 199 g/mol. The van der Waals surface area contributed by atoms with Gasteiger partial charge in [-0.1, -0.05) is 18.2 Å². The molecule has 0 atom stereocenters. The first-order valence-electron chi connectivity index (χ1n) is 4.89. The molecule has 2 aromatic carbocycles. The number of fused-ring (bicyclic) bond motifs is 1. The summed E-state index contributed by atoms with van der Waals surface area (Å²) in [6.45, 7) is 2.59. The molecular weight excluding hydrogens is 188 g/mol. The molecule has 0 unspecified atom stereocenters. The summed E-state index contributed by atoms with van der Waals surface area (Å²) in [7, 11) is 0. The van der Waals surface area contributed by atoms with Gasteiger partial charge in [-0.3, -0.25) is 4.79 Å². The molecule has 15 heavy (non-hydrogen) atoms. The fourth-order valence-electron chi connectivity index (χ4n) is 1.60. The zero-order valence-electron chi connectivity index (χ0n) is 8.49. The van der Waals surface area contributed by atoms with Crippen LogP contribution in [0.3, 0.4) is 0 Å². The molecule has 2 rings (SSSR count). The minimum Gasteiger partial charge on any atom is -0.493 e. The molecule has 0 amide bonds. The van der Waals surface area contributed by atoms with Crippen molar-refractivity contribution in [2.45, 2.75) is 6.92 Å². The summed E-state index contributed by atoms with van der Waals surface area (Å²) in [5, 5.41) is 2.03. The molecule has 1 radical (unpaired) electrons. The van der Waals surface area contributed by atoms with Crippen LogP contribution in [0.1, 0.15) is 12.5 Å². The third-order valence-corrected chi connectivity index (χ3v) is 2.26. The van der Waals surface area contributed by atoms with Crippen LogP contribution in [-0.4, -0.2) is 12.9 Å².